The van der Waals surface area contributed by atoms with Crippen LogP contribution in [0.15, 0.2) is 24.3 Å². The zero-order valence-corrected chi connectivity index (χ0v) is 12.1. The van der Waals surface area contributed by atoms with E-state index in [0.717, 1.165) is 0 Å². The molecule has 1 aromatic carbocycles. The van der Waals surface area contributed by atoms with E-state index in [-0.39, 0.29) is 0 Å². The minimum atomic E-state index is 0.600. The first-order valence-corrected chi connectivity index (χ1v) is 7.13. The van der Waals surface area contributed by atoms with Crippen molar-refractivity contribution in [3.63, 3.8) is 0 Å². The van der Waals surface area contributed by atoms with Gasteiger partial charge in [-0.2, -0.15) is 0 Å². The van der Waals surface area contributed by atoms with E-state index in [1.54, 1.807) is 0 Å². The van der Waals surface area contributed by atoms with E-state index in [0.29, 0.717) is 18.0 Å². The Morgan fingerprint density at radius 1 is 1.33 bits per heavy atom. The zero-order valence-electron chi connectivity index (χ0n) is 12.1. The molecule has 1 aliphatic heterocycles. The van der Waals surface area contributed by atoms with Crippen LogP contribution < -0.4 is 5.32 Å². The molecule has 1 aromatic rings. The highest BCUT2D eigenvalue weighted by Gasteiger charge is 2.22. The molecule has 0 bridgehead atoms. The van der Waals surface area contributed by atoms with Gasteiger partial charge in [-0.05, 0) is 50.4 Å². The van der Waals surface area contributed by atoms with Crippen LogP contribution in [0.3, 0.4) is 0 Å². The number of hydrogen-bond donors (Lipinski definition) is 1. The van der Waals surface area contributed by atoms with Gasteiger partial charge < -0.3 is 10.2 Å². The Hall–Kier alpha value is -1.02. The number of likely N-dealkylation sites (tertiary alicyclic amines) is 1. The van der Waals surface area contributed by atoms with E-state index in [2.05, 4.69) is 62.3 Å². The number of nitrogens with one attached hydrogen (secondary N) is 1. The van der Waals surface area contributed by atoms with Gasteiger partial charge in [0.1, 0.15) is 0 Å². The number of rotatable bonds is 3. The minimum absolute atomic E-state index is 0.600. The van der Waals surface area contributed by atoms with Crippen LogP contribution in [-0.2, 0) is 0 Å². The molecule has 0 amide bonds. The second-order valence-electron chi connectivity index (χ2n) is 5.98. The molecule has 1 aliphatic rings. The number of hydrogen-bond acceptors (Lipinski definition) is 2. The molecule has 1 saturated heterocycles. The summed E-state index contributed by atoms with van der Waals surface area (Å²) in [7, 11) is 2.22. The lowest BCUT2D eigenvalue weighted by Crippen LogP contribution is -2.42. The second-order valence-corrected chi connectivity index (χ2v) is 5.98. The third kappa shape index (κ3) is 3.26. The molecule has 2 nitrogen and oxygen atoms in total. The predicted octanol–water partition coefficient (Wildman–Crippen LogP) is 3.70. The molecule has 1 heterocycles. The fourth-order valence-corrected chi connectivity index (χ4v) is 2.64. The smallest absolute Gasteiger partial charge is 0.0345 e. The Balaban J connectivity index is 1.99. The number of benzene rings is 1. The fourth-order valence-electron chi connectivity index (χ4n) is 2.64. The van der Waals surface area contributed by atoms with Gasteiger partial charge in [-0.15, -0.1) is 0 Å². The number of anilines is 1. The molecule has 18 heavy (non-hydrogen) atoms. The van der Waals surface area contributed by atoms with Crippen LogP contribution in [0.5, 0.6) is 0 Å². The van der Waals surface area contributed by atoms with E-state index >= 15 is 0 Å². The molecule has 0 aliphatic carbocycles. The van der Waals surface area contributed by atoms with E-state index in [1.165, 1.54) is 30.6 Å². The lowest BCUT2D eigenvalue weighted by atomic mass is 9.98. The molecule has 2 rings (SSSR count). The van der Waals surface area contributed by atoms with Crippen molar-refractivity contribution < 1.29 is 0 Å². The molecule has 0 radical (unpaired) electrons. The first kappa shape index (κ1) is 13.4. The van der Waals surface area contributed by atoms with Gasteiger partial charge in [-0.1, -0.05) is 26.0 Å². The normalized spacial score (nSPS) is 25.4. The van der Waals surface area contributed by atoms with E-state index < -0.39 is 0 Å². The van der Waals surface area contributed by atoms with Crippen molar-refractivity contribution >= 4 is 5.69 Å². The summed E-state index contributed by atoms with van der Waals surface area (Å²) in [6, 6.07) is 10.2. The van der Waals surface area contributed by atoms with Gasteiger partial charge in [0.05, 0.1) is 0 Å². The predicted molar refractivity (Wildman–Crippen MR) is 79.3 cm³/mol. The van der Waals surface area contributed by atoms with Crippen LogP contribution in [-0.4, -0.2) is 30.6 Å². The quantitative estimate of drug-likeness (QED) is 0.874. The van der Waals surface area contributed by atoms with Crippen LogP contribution in [0.2, 0.25) is 0 Å². The van der Waals surface area contributed by atoms with Crippen LogP contribution >= 0.6 is 0 Å². The van der Waals surface area contributed by atoms with Gasteiger partial charge in [0.2, 0.25) is 0 Å². The molecule has 1 fully saturated rings. The maximum absolute atomic E-state index is 3.70. The molecular formula is C16H26N2. The first-order chi connectivity index (χ1) is 8.56. The van der Waals surface area contributed by atoms with Crippen molar-refractivity contribution in [3.05, 3.63) is 29.8 Å². The monoisotopic (exact) mass is 246 g/mol. The summed E-state index contributed by atoms with van der Waals surface area (Å²) in [5, 5.41) is 3.70. The highest BCUT2D eigenvalue weighted by atomic mass is 15.1. The van der Waals surface area contributed by atoms with Crippen molar-refractivity contribution in [1.82, 2.24) is 4.90 Å². The van der Waals surface area contributed by atoms with Gasteiger partial charge in [-0.25, -0.2) is 0 Å². The minimum Gasteiger partial charge on any atom is -0.382 e. The van der Waals surface area contributed by atoms with Gasteiger partial charge in [0, 0.05) is 24.3 Å². The molecular weight excluding hydrogens is 220 g/mol. The third-order valence-electron chi connectivity index (χ3n) is 4.13. The third-order valence-corrected chi connectivity index (χ3v) is 4.13. The van der Waals surface area contributed by atoms with E-state index in [1.807, 2.05) is 0 Å². The summed E-state index contributed by atoms with van der Waals surface area (Å²) < 4.78 is 0. The summed E-state index contributed by atoms with van der Waals surface area (Å²) in [6.07, 6.45) is 2.48. The van der Waals surface area contributed by atoms with Gasteiger partial charge in [0.25, 0.3) is 0 Å². The number of piperidine rings is 1. The van der Waals surface area contributed by atoms with Crippen molar-refractivity contribution in [2.24, 2.45) is 0 Å². The van der Waals surface area contributed by atoms with Crippen molar-refractivity contribution in [2.75, 3.05) is 18.9 Å². The summed E-state index contributed by atoms with van der Waals surface area (Å²) in [4.78, 5) is 2.45. The van der Waals surface area contributed by atoms with Crippen LogP contribution in [0.25, 0.3) is 0 Å². The van der Waals surface area contributed by atoms with Gasteiger partial charge in [-0.3, -0.25) is 0 Å². The Morgan fingerprint density at radius 2 is 2.11 bits per heavy atom. The molecule has 2 heteroatoms. The Bertz CT molecular complexity index is 386. The Labute approximate surface area is 111 Å². The topological polar surface area (TPSA) is 15.3 Å². The van der Waals surface area contributed by atoms with Crippen molar-refractivity contribution in [1.29, 1.82) is 0 Å². The van der Waals surface area contributed by atoms with Gasteiger partial charge in [0.15, 0.2) is 0 Å². The van der Waals surface area contributed by atoms with E-state index in [4.69, 9.17) is 0 Å². The molecule has 0 aromatic heterocycles. The van der Waals surface area contributed by atoms with E-state index in [9.17, 15) is 0 Å². The number of nitrogens with zero attached hydrogens (tertiary/aromatic N) is 1. The average Bonchev–Trinajstić information content (AvgIpc) is 2.34. The van der Waals surface area contributed by atoms with Crippen LogP contribution in [0.4, 0.5) is 5.69 Å². The van der Waals surface area contributed by atoms with Crippen LogP contribution in [0.1, 0.15) is 45.1 Å². The SMILES string of the molecule is CC(C)c1cccc(NC2CCN(C)C(C)C2)c1. The van der Waals surface area contributed by atoms with Crippen LogP contribution in [0, 0.1) is 0 Å². The average molecular weight is 246 g/mol. The highest BCUT2D eigenvalue weighted by Crippen LogP contribution is 2.22. The summed E-state index contributed by atoms with van der Waals surface area (Å²) in [6.45, 7) is 8.01. The molecule has 1 N–H and O–H groups in total. The lowest BCUT2D eigenvalue weighted by molar-refractivity contribution is 0.190. The Morgan fingerprint density at radius 3 is 2.78 bits per heavy atom. The molecule has 2 unspecified atom stereocenters. The molecule has 0 saturated carbocycles. The van der Waals surface area contributed by atoms with Crippen molar-refractivity contribution in [3.8, 4) is 0 Å². The standard InChI is InChI=1S/C16H26N2/c1-12(2)14-6-5-7-15(11-14)17-16-8-9-18(4)13(3)10-16/h5-7,11-13,16-17H,8-10H2,1-4H3. The largest absolute Gasteiger partial charge is 0.382 e. The second kappa shape index (κ2) is 5.75. The zero-order chi connectivity index (χ0) is 13.1. The highest BCUT2D eigenvalue weighted by molar-refractivity contribution is 5.47. The summed E-state index contributed by atoms with van der Waals surface area (Å²) >= 11 is 0. The first-order valence-electron chi connectivity index (χ1n) is 7.13. The molecule has 100 valence electrons. The summed E-state index contributed by atoms with van der Waals surface area (Å²) in [5.74, 6) is 0.600. The van der Waals surface area contributed by atoms with Crippen molar-refractivity contribution in [2.45, 2.75) is 51.6 Å². The molecule has 0 spiro atoms. The maximum atomic E-state index is 3.70. The lowest BCUT2D eigenvalue weighted by Gasteiger charge is -2.35. The molecule has 2 atom stereocenters. The summed E-state index contributed by atoms with van der Waals surface area (Å²) in [5.41, 5.74) is 2.70. The maximum Gasteiger partial charge on any atom is 0.0345 e. The van der Waals surface area contributed by atoms with Gasteiger partial charge >= 0.3 is 0 Å². The fraction of sp³-hybridized carbons (Fsp3) is 0.625. The Kier molecular flexibility index (Phi) is 4.28.